The Balaban J connectivity index is 1.70. The van der Waals surface area contributed by atoms with E-state index in [4.69, 9.17) is 28.2 Å². The zero-order valence-corrected chi connectivity index (χ0v) is 23.6. The quantitative estimate of drug-likeness (QED) is 0.333. The van der Waals surface area contributed by atoms with E-state index in [1.165, 1.54) is 21.7 Å². The molecule has 1 aromatic carbocycles. The summed E-state index contributed by atoms with van der Waals surface area (Å²) in [6.07, 6.45) is 1.95. The number of carbonyl (C=O) groups excluding carboxylic acids is 1. The highest BCUT2D eigenvalue weighted by atomic mass is 35.5. The molecule has 190 valence electrons. The largest absolute Gasteiger partial charge is 0.302 e. The Labute approximate surface area is 224 Å². The molecule has 0 saturated carbocycles. The van der Waals surface area contributed by atoms with Crippen molar-refractivity contribution in [3.05, 3.63) is 39.7 Å². The van der Waals surface area contributed by atoms with Crippen LogP contribution in [0.15, 0.2) is 34.5 Å². The summed E-state index contributed by atoms with van der Waals surface area (Å²) in [5.41, 5.74) is 0.649. The predicted molar refractivity (Wildman–Crippen MR) is 146 cm³/mol. The topological polar surface area (TPSA) is 73.8 Å². The van der Waals surface area contributed by atoms with Crippen LogP contribution in [-0.2, 0) is 14.8 Å². The minimum absolute atomic E-state index is 0.156. The second-order valence-corrected chi connectivity index (χ2v) is 13.5. The van der Waals surface area contributed by atoms with Crippen LogP contribution >= 0.6 is 45.9 Å². The van der Waals surface area contributed by atoms with Gasteiger partial charge >= 0.3 is 0 Å². The number of carbonyl (C=O) groups is 1. The lowest BCUT2D eigenvalue weighted by atomic mass is 10.0. The molecule has 2 aromatic heterocycles. The minimum Gasteiger partial charge on any atom is -0.302 e. The lowest BCUT2D eigenvalue weighted by Gasteiger charge is -2.36. The van der Waals surface area contributed by atoms with E-state index in [-0.39, 0.29) is 10.1 Å². The number of hydrogen-bond acceptors (Lipinski definition) is 7. The first-order chi connectivity index (χ1) is 16.8. The molecule has 1 amide bonds. The van der Waals surface area contributed by atoms with Gasteiger partial charge < -0.3 is 4.90 Å². The zero-order valence-electron chi connectivity index (χ0n) is 19.6. The van der Waals surface area contributed by atoms with E-state index < -0.39 is 16.1 Å². The monoisotopic (exact) mass is 574 g/mol. The molecule has 0 N–H and O–H groups in total. The van der Waals surface area contributed by atoms with Crippen LogP contribution in [0, 0.1) is 0 Å². The summed E-state index contributed by atoms with van der Waals surface area (Å²) in [5, 5.41) is 1.06. The molecule has 0 bridgehead atoms. The Morgan fingerprint density at radius 2 is 1.89 bits per heavy atom. The number of amides is 1. The van der Waals surface area contributed by atoms with E-state index in [1.54, 1.807) is 17.0 Å². The average molecular weight is 576 g/mol. The smallest absolute Gasteiger partial charge is 0.253 e. The minimum atomic E-state index is -3.85. The van der Waals surface area contributed by atoms with Crippen molar-refractivity contribution in [2.45, 2.75) is 43.4 Å². The maximum Gasteiger partial charge on any atom is 0.253 e. The maximum absolute atomic E-state index is 14.1. The highest BCUT2D eigenvalue weighted by Gasteiger charge is 2.41. The van der Waals surface area contributed by atoms with Gasteiger partial charge in [-0.3, -0.25) is 9.69 Å². The van der Waals surface area contributed by atoms with Gasteiger partial charge in [0.2, 0.25) is 5.91 Å². The molecular formula is C23H28Cl2N4O3S3. The molecular weight excluding hydrogens is 547 g/mol. The van der Waals surface area contributed by atoms with E-state index in [2.05, 4.69) is 18.7 Å². The van der Waals surface area contributed by atoms with E-state index in [0.717, 1.165) is 35.5 Å². The third-order valence-electron chi connectivity index (χ3n) is 6.24. The summed E-state index contributed by atoms with van der Waals surface area (Å²) in [5.74, 6) is -0.252. The lowest BCUT2D eigenvalue weighted by molar-refractivity contribution is -0.123. The summed E-state index contributed by atoms with van der Waals surface area (Å²) in [6, 6.07) is 7.84. The number of sulfonamides is 1. The van der Waals surface area contributed by atoms with Crippen molar-refractivity contribution in [3.63, 3.8) is 0 Å². The highest BCUT2D eigenvalue weighted by molar-refractivity contribution is 7.91. The van der Waals surface area contributed by atoms with Gasteiger partial charge in [-0.15, -0.1) is 11.3 Å². The van der Waals surface area contributed by atoms with Gasteiger partial charge in [-0.1, -0.05) is 60.9 Å². The van der Waals surface area contributed by atoms with E-state index in [1.807, 2.05) is 12.1 Å². The molecule has 0 aliphatic carbocycles. The summed E-state index contributed by atoms with van der Waals surface area (Å²) < 4.78 is 29.8. The molecule has 1 fully saturated rings. The molecule has 1 atom stereocenters. The van der Waals surface area contributed by atoms with Gasteiger partial charge in [0.25, 0.3) is 10.0 Å². The van der Waals surface area contributed by atoms with Gasteiger partial charge in [-0.25, -0.2) is 13.4 Å². The van der Waals surface area contributed by atoms with Crippen LogP contribution in [0.25, 0.3) is 10.2 Å². The highest BCUT2D eigenvalue weighted by Crippen LogP contribution is 2.36. The van der Waals surface area contributed by atoms with Gasteiger partial charge in [0, 0.05) is 19.6 Å². The molecule has 0 radical (unpaired) electrons. The number of rotatable bonds is 9. The normalized spacial score (nSPS) is 17.3. The third kappa shape index (κ3) is 5.69. The molecule has 1 aliphatic rings. The summed E-state index contributed by atoms with van der Waals surface area (Å²) in [7, 11) is -3.85. The molecule has 3 aromatic rings. The average Bonchev–Trinajstić information content (AvgIpc) is 3.49. The molecule has 1 unspecified atom stereocenters. The Kier molecular flexibility index (Phi) is 8.73. The van der Waals surface area contributed by atoms with Crippen LogP contribution in [0.5, 0.6) is 0 Å². The van der Waals surface area contributed by atoms with Gasteiger partial charge in [0.15, 0.2) is 5.13 Å². The number of anilines is 1. The number of para-hydroxylation sites is 1. The number of aromatic nitrogens is 1. The number of thiophene rings is 1. The fourth-order valence-corrected chi connectivity index (χ4v) is 8.83. The number of fused-ring (bicyclic) bond motifs is 1. The van der Waals surface area contributed by atoms with Gasteiger partial charge in [0.05, 0.1) is 14.1 Å². The van der Waals surface area contributed by atoms with E-state index in [0.29, 0.717) is 52.5 Å². The Bertz CT molecular complexity index is 1290. The number of nitrogens with zero attached hydrogens (tertiary/aromatic N) is 4. The van der Waals surface area contributed by atoms with Crippen molar-refractivity contribution >= 4 is 77.2 Å². The Morgan fingerprint density at radius 3 is 2.54 bits per heavy atom. The fraction of sp³-hybridized carbons (Fsp3) is 0.478. The van der Waals surface area contributed by atoms with Gasteiger partial charge in [-0.05, 0) is 50.2 Å². The van der Waals surface area contributed by atoms with Crippen LogP contribution in [0.2, 0.25) is 9.36 Å². The SMILES string of the molecule is CCN(CC)CCN(C(=O)C1CCCCN1S(=O)(=O)c1ccc(Cl)s1)c1nc2c(Cl)cccc2s1. The van der Waals surface area contributed by atoms with Crippen LogP contribution in [0.1, 0.15) is 33.1 Å². The molecule has 35 heavy (non-hydrogen) atoms. The number of hydrogen-bond donors (Lipinski definition) is 0. The standard InChI is InChI=1S/C23H28Cl2N4O3S3/c1-3-27(4-2)14-15-28(23-26-21-16(24)8-7-10-18(21)33-23)22(30)17-9-5-6-13-29(17)35(31,32)20-12-11-19(25)34-20/h7-8,10-12,17H,3-6,9,13-15H2,1-2H3. The van der Waals surface area contributed by atoms with Crippen molar-refractivity contribution in [1.29, 1.82) is 0 Å². The second kappa shape index (κ2) is 11.4. The predicted octanol–water partition coefficient (Wildman–Crippen LogP) is 5.58. The zero-order chi connectivity index (χ0) is 25.2. The maximum atomic E-state index is 14.1. The van der Waals surface area contributed by atoms with Crippen molar-refractivity contribution in [2.24, 2.45) is 0 Å². The van der Waals surface area contributed by atoms with Crippen molar-refractivity contribution in [1.82, 2.24) is 14.2 Å². The summed E-state index contributed by atoms with van der Waals surface area (Å²) >= 11 is 14.8. The molecule has 7 nitrogen and oxygen atoms in total. The van der Waals surface area contributed by atoms with E-state index in [9.17, 15) is 13.2 Å². The van der Waals surface area contributed by atoms with Gasteiger partial charge in [0.1, 0.15) is 15.8 Å². The first kappa shape index (κ1) is 26.8. The summed E-state index contributed by atoms with van der Waals surface area (Å²) in [6.45, 7) is 7.23. The Hall–Kier alpha value is -1.27. The third-order valence-corrected chi connectivity index (χ3v) is 11.2. The van der Waals surface area contributed by atoms with Gasteiger partial charge in [-0.2, -0.15) is 4.31 Å². The first-order valence-electron chi connectivity index (χ1n) is 11.6. The van der Waals surface area contributed by atoms with Crippen LogP contribution in [0.3, 0.4) is 0 Å². The Morgan fingerprint density at radius 1 is 1.11 bits per heavy atom. The molecule has 12 heteroatoms. The molecule has 4 rings (SSSR count). The first-order valence-corrected chi connectivity index (χ1v) is 15.4. The van der Waals surface area contributed by atoms with E-state index >= 15 is 0 Å². The van der Waals surface area contributed by atoms with Crippen LogP contribution in [-0.4, -0.2) is 67.3 Å². The second-order valence-electron chi connectivity index (χ2n) is 8.29. The van der Waals surface area contributed by atoms with Crippen molar-refractivity contribution in [2.75, 3.05) is 37.6 Å². The number of halogens is 2. The van der Waals surface area contributed by atoms with Crippen LogP contribution in [0.4, 0.5) is 5.13 Å². The lowest BCUT2D eigenvalue weighted by Crippen LogP contribution is -2.54. The number of piperidine rings is 1. The molecule has 1 saturated heterocycles. The molecule has 0 spiro atoms. The number of benzene rings is 1. The fourth-order valence-electron chi connectivity index (χ4n) is 4.27. The van der Waals surface area contributed by atoms with Crippen LogP contribution < -0.4 is 4.90 Å². The summed E-state index contributed by atoms with van der Waals surface area (Å²) in [4.78, 5) is 22.6. The van der Waals surface area contributed by atoms with Crippen molar-refractivity contribution in [3.8, 4) is 0 Å². The molecule has 1 aliphatic heterocycles. The number of likely N-dealkylation sites (N-methyl/N-ethyl adjacent to an activating group) is 1. The molecule has 3 heterocycles. The number of thiazole rings is 1. The van der Waals surface area contributed by atoms with Crippen molar-refractivity contribution < 1.29 is 13.2 Å².